The summed E-state index contributed by atoms with van der Waals surface area (Å²) in [7, 11) is 0. The minimum atomic E-state index is -1.32. The number of carbonyl (C=O) groups is 5. The van der Waals surface area contributed by atoms with Gasteiger partial charge >= 0.3 is 28.4 Å². The van der Waals surface area contributed by atoms with Crippen LogP contribution in [0.15, 0.2) is 200 Å². The van der Waals surface area contributed by atoms with E-state index in [1.54, 1.807) is 38.1 Å². The molecule has 2 fully saturated rings. The molecule has 8 rings (SSSR count). The standard InChI is InChI=1S/C36H43N3O3.C25H24N2O2.C11H21NO2.CHI3.CH2I2.CH3I.ClH.Ni/c1-3-4-5-6-7-16-25-36(2,35(41)42)38-33(29-20-12-9-13-21-29)30-22-14-15-23-31(30)37-34(40)32-24-17-26-39(32)27-28-18-10-8-11-19-28;28-24(20-12-5-2-6-13-20)21-14-7-8-15-22(21)26-25(29)23-16-9-17-27(23)18-19-10-3-1-4-11-19;1-3-4-5-6-7-8-9-11(2,12)10(13)14;2-1(3)4;2-1-3;1-2;;/h3,8-15,18-23,32H,1,4-7,16-17,24-27H2,2H3,(H2,37,38,40,41,42);1-8,10-15,23H,9,16-18H2,(H,26,29);3H,1,4-9,12H2,2H3,(H,13,14);1H;1H2;1H3;1H;/q;;;;;;;+2/p-1/t32-,36-;23-;11-;;;;;/m111...../s1. The van der Waals surface area contributed by atoms with E-state index in [9.17, 15) is 29.1 Å². The number of alkyl halides is 6. The SMILES string of the molecule is C=CCCCCCC[C@@](C)(N)C(=O)O.C=CCCCCCC[C@@](C)(N=C(c1ccccc1)c1ccccc1[N-]C(=O)[C@H]1CCCN1Cc1ccccc1)C(=O)O.CI.Cl.IC(I)I.ICI.O=C(c1ccccc1)c1ccccc1NC(=O)[C@H]1CCCN1Cc1ccccc1.[Ni+2]. The van der Waals surface area contributed by atoms with Crippen molar-refractivity contribution in [2.24, 2.45) is 10.7 Å². The Balaban J connectivity index is 0.000000736. The molecule has 2 aliphatic heterocycles. The fraction of sp³-hybridized carbons (Fsp3) is 0.387. The number of nitrogens with zero attached hydrogens (tertiary/aromatic N) is 4. The van der Waals surface area contributed by atoms with E-state index in [0.717, 1.165) is 115 Å². The van der Waals surface area contributed by atoms with Gasteiger partial charge in [0.25, 0.3) is 0 Å². The number of allylic oxidation sites excluding steroid dienone is 2. The second-order valence-electron chi connectivity index (χ2n) is 22.9. The minimum absolute atomic E-state index is 0. The Labute approximate surface area is 670 Å². The van der Waals surface area contributed by atoms with Gasteiger partial charge in [0.2, 0.25) is 5.91 Å². The van der Waals surface area contributed by atoms with Crippen molar-refractivity contribution < 1.29 is 50.7 Å². The van der Waals surface area contributed by atoms with E-state index in [0.29, 0.717) is 53.2 Å². The van der Waals surface area contributed by atoms with Gasteiger partial charge in [-0.1, -0.05) is 344 Å². The number of nitrogens with two attached hydrogens (primary N) is 1. The number of aliphatic imine (C=N–C) groups is 1. The first-order valence-electron chi connectivity index (χ1n) is 31.7. The quantitative estimate of drug-likeness (QED) is 0.00667. The first kappa shape index (κ1) is 91.1. The van der Waals surface area contributed by atoms with Crippen LogP contribution in [0.1, 0.15) is 155 Å². The van der Waals surface area contributed by atoms with Gasteiger partial charge in [-0.05, 0) is 125 Å². The maximum absolute atomic E-state index is 13.6. The van der Waals surface area contributed by atoms with Crippen molar-refractivity contribution in [3.05, 3.63) is 234 Å². The average molecular weight is 2050 g/mol. The Morgan fingerprint density at radius 1 is 0.604 bits per heavy atom. The summed E-state index contributed by atoms with van der Waals surface area (Å²) in [5.74, 6) is -2.19. The summed E-state index contributed by atoms with van der Waals surface area (Å²) in [6.45, 7) is 13.9. The number of anilines is 1. The van der Waals surface area contributed by atoms with E-state index < -0.39 is 23.0 Å². The van der Waals surface area contributed by atoms with Gasteiger partial charge in [0.15, 0.2) is 11.3 Å². The molecule has 2 heterocycles. The molecule has 0 aliphatic carbocycles. The molecule has 0 saturated carbocycles. The number of nitrogens with one attached hydrogen (secondary N) is 1. The Bertz CT molecular complexity index is 3210. The molecule has 21 heteroatoms. The van der Waals surface area contributed by atoms with Crippen molar-refractivity contribution >= 4 is 195 Å². The zero-order valence-corrected chi connectivity index (χ0v) is 69.9. The topological polar surface area (TPSA) is 197 Å². The van der Waals surface area contributed by atoms with E-state index >= 15 is 0 Å². The third-order valence-electron chi connectivity index (χ3n) is 15.7. The van der Waals surface area contributed by atoms with Crippen LogP contribution in [-0.2, 0) is 48.8 Å². The molecule has 0 spiro atoms. The Kier molecular flexibility index (Phi) is 50.2. The molecule has 96 heavy (non-hydrogen) atoms. The smallest absolute Gasteiger partial charge is 0.625 e. The Morgan fingerprint density at radius 2 is 1.01 bits per heavy atom. The van der Waals surface area contributed by atoms with E-state index in [1.807, 2.05) is 138 Å². The first-order chi connectivity index (χ1) is 45.3. The third-order valence-corrected chi connectivity index (χ3v) is 15.7. The summed E-state index contributed by atoms with van der Waals surface area (Å²) in [6, 6.07) is 53.3. The van der Waals surface area contributed by atoms with Crippen LogP contribution >= 0.6 is 148 Å². The van der Waals surface area contributed by atoms with Crippen molar-refractivity contribution in [3.8, 4) is 0 Å². The van der Waals surface area contributed by atoms with Crippen molar-refractivity contribution in [2.45, 2.75) is 153 Å². The van der Waals surface area contributed by atoms with Crippen LogP contribution in [0, 0.1) is 0 Å². The molecule has 0 bridgehead atoms. The minimum Gasteiger partial charge on any atom is -0.625 e. The van der Waals surface area contributed by atoms with E-state index in [1.165, 1.54) is 13.6 Å². The van der Waals surface area contributed by atoms with Crippen LogP contribution in [0.5, 0.6) is 0 Å². The predicted octanol–water partition coefficient (Wildman–Crippen LogP) is 20.8. The van der Waals surface area contributed by atoms with Crippen LogP contribution in [-0.4, -0.2) is 98.8 Å². The number of hydrogen-bond acceptors (Lipinski definition) is 9. The number of carboxylic acids is 2. The van der Waals surface area contributed by atoms with Gasteiger partial charge in [-0.2, -0.15) is 0 Å². The number of amides is 2. The van der Waals surface area contributed by atoms with E-state index in [2.05, 4.69) is 193 Å². The van der Waals surface area contributed by atoms with Crippen molar-refractivity contribution in [2.75, 3.05) is 25.8 Å². The second kappa shape index (κ2) is 53.0. The predicted molar refractivity (Wildman–Crippen MR) is 449 cm³/mol. The van der Waals surface area contributed by atoms with Gasteiger partial charge in [-0.15, -0.1) is 31.3 Å². The van der Waals surface area contributed by atoms with Gasteiger partial charge in [0, 0.05) is 29.8 Å². The zero-order chi connectivity index (χ0) is 69.2. The molecule has 6 aromatic rings. The van der Waals surface area contributed by atoms with Crippen LogP contribution in [0.25, 0.3) is 5.32 Å². The number of ketones is 1. The van der Waals surface area contributed by atoms with Crippen molar-refractivity contribution in [1.82, 2.24) is 9.80 Å². The Morgan fingerprint density at radius 3 is 1.49 bits per heavy atom. The molecule has 4 atom stereocenters. The molecule has 2 saturated heterocycles. The number of carboxylic acid groups (broad SMARTS) is 2. The zero-order valence-electron chi connectivity index (χ0n) is 55.1. The number of aliphatic carboxylic acids is 2. The number of benzene rings is 6. The number of unbranched alkanes of at least 4 members (excludes halogenated alkanes) is 8. The molecule has 5 N–H and O–H groups in total. The largest absolute Gasteiger partial charge is 2.00 e. The van der Waals surface area contributed by atoms with Crippen molar-refractivity contribution in [1.29, 1.82) is 0 Å². The van der Waals surface area contributed by atoms with E-state index in [-0.39, 0.29) is 58.6 Å². The summed E-state index contributed by atoms with van der Waals surface area (Å²) < 4.78 is 1.93. The summed E-state index contributed by atoms with van der Waals surface area (Å²) in [6.07, 6.45) is 18.3. The molecule has 0 aromatic heterocycles. The summed E-state index contributed by atoms with van der Waals surface area (Å²) in [4.78, 5) is 74.2. The maximum atomic E-state index is 13.6. The molecule has 2 aliphatic rings. The molecule has 0 radical (unpaired) electrons. The summed E-state index contributed by atoms with van der Waals surface area (Å²) in [5, 5.41) is 26.7. The molecule has 2 amide bonds. The Hall–Kier alpha value is -2.94. The normalized spacial score (nSPS) is 15.2. The molecule has 0 unspecified atom stereocenters. The molecule has 6 aromatic carbocycles. The first-order valence-corrected chi connectivity index (χ1v) is 40.7. The maximum Gasteiger partial charge on any atom is 2.00 e. The van der Waals surface area contributed by atoms with Crippen LogP contribution in [0.3, 0.4) is 0 Å². The van der Waals surface area contributed by atoms with Gasteiger partial charge in [-0.25, -0.2) is 4.79 Å². The summed E-state index contributed by atoms with van der Waals surface area (Å²) >= 11 is 13.6. The second-order valence-corrected chi connectivity index (χ2v) is 38.2. The number of hydrogen-bond donors (Lipinski definition) is 4. The van der Waals surface area contributed by atoms with Gasteiger partial charge in [-0.3, -0.25) is 29.2 Å². The third kappa shape index (κ3) is 34.6. The molecular weight excluding hydrogens is 1950 g/mol. The number of para-hydroxylation sites is 2. The average Bonchev–Trinajstić information content (AvgIpc) is 1.42. The number of rotatable bonds is 29. The monoisotopic (exact) mass is 2050 g/mol. The van der Waals surface area contributed by atoms with Crippen LogP contribution in [0.2, 0.25) is 0 Å². The molecular formula is C75H94ClI6N6NiO7+. The fourth-order valence-corrected chi connectivity index (χ4v) is 10.6. The van der Waals surface area contributed by atoms with E-state index in [4.69, 9.17) is 15.8 Å². The molecule has 13 nitrogen and oxygen atoms in total. The number of carbonyl (C=O) groups excluding carboxylic acids is 3. The fourth-order valence-electron chi connectivity index (χ4n) is 10.6. The van der Waals surface area contributed by atoms with Gasteiger partial charge in [0.1, 0.15) is 5.48 Å². The number of halogens is 7. The number of likely N-dealkylation sites (tertiary alicyclic amines) is 2. The molecule has 524 valence electrons. The van der Waals surface area contributed by atoms with Crippen LogP contribution < -0.4 is 11.1 Å². The van der Waals surface area contributed by atoms with Crippen LogP contribution in [0.4, 0.5) is 11.4 Å². The van der Waals surface area contributed by atoms with Crippen molar-refractivity contribution in [3.63, 3.8) is 0 Å². The van der Waals surface area contributed by atoms with Gasteiger partial charge < -0.3 is 31.4 Å². The summed E-state index contributed by atoms with van der Waals surface area (Å²) in [5.41, 5.74) is 9.76. The van der Waals surface area contributed by atoms with Gasteiger partial charge in [0.05, 0.1) is 31.8 Å².